The molecule has 0 unspecified atom stereocenters. The molecule has 2 fully saturated rings. The van der Waals surface area contributed by atoms with E-state index in [-0.39, 0.29) is 18.4 Å². The van der Waals surface area contributed by atoms with Crippen LogP contribution in [0.15, 0.2) is 24.5 Å². The lowest BCUT2D eigenvalue weighted by molar-refractivity contribution is -0.159. The summed E-state index contributed by atoms with van der Waals surface area (Å²) in [5.74, 6) is -0.770. The van der Waals surface area contributed by atoms with Gasteiger partial charge in [-0.3, -0.25) is 14.6 Å². The molecule has 0 spiro atoms. The number of amides is 1. The van der Waals surface area contributed by atoms with Crippen molar-refractivity contribution >= 4 is 17.6 Å². The topological polar surface area (TPSA) is 91.8 Å². The third-order valence-electron chi connectivity index (χ3n) is 4.76. The lowest BCUT2D eigenvalue weighted by Crippen LogP contribution is -2.46. The lowest BCUT2D eigenvalue weighted by Gasteiger charge is -2.34. The summed E-state index contributed by atoms with van der Waals surface area (Å²) in [7, 11) is 0. The number of ether oxygens (including phenoxy) is 1. The number of carboxylic acids is 1. The Kier molecular flexibility index (Phi) is 4.58. The van der Waals surface area contributed by atoms with Gasteiger partial charge in [-0.05, 0) is 24.5 Å². The zero-order chi connectivity index (χ0) is 16.3. The second-order valence-corrected chi connectivity index (χ2v) is 6.27. The number of likely N-dealkylation sites (tertiary alicyclic amines) is 1. The van der Waals surface area contributed by atoms with Crippen molar-refractivity contribution < 1.29 is 19.4 Å². The van der Waals surface area contributed by atoms with Gasteiger partial charge in [0.15, 0.2) is 0 Å². The van der Waals surface area contributed by atoms with Crippen LogP contribution in [0.4, 0.5) is 5.69 Å². The number of pyridine rings is 1. The summed E-state index contributed by atoms with van der Waals surface area (Å²) in [6.07, 6.45) is 4.34. The highest BCUT2D eigenvalue weighted by Gasteiger charge is 2.53. The van der Waals surface area contributed by atoms with Gasteiger partial charge < -0.3 is 20.1 Å². The van der Waals surface area contributed by atoms with Gasteiger partial charge in [-0.1, -0.05) is 0 Å². The molecular formula is C16H21N3O4. The number of anilines is 1. The Labute approximate surface area is 134 Å². The van der Waals surface area contributed by atoms with Crippen molar-refractivity contribution in [3.8, 4) is 0 Å². The largest absolute Gasteiger partial charge is 0.481 e. The first-order chi connectivity index (χ1) is 11.1. The number of nitrogens with zero attached hydrogens (tertiary/aromatic N) is 2. The number of aliphatic carboxylic acids is 1. The van der Waals surface area contributed by atoms with Crippen molar-refractivity contribution in [2.24, 2.45) is 11.3 Å². The summed E-state index contributed by atoms with van der Waals surface area (Å²) in [6.45, 7) is 2.61. The van der Waals surface area contributed by atoms with Crippen LogP contribution in [-0.2, 0) is 14.3 Å². The molecule has 0 radical (unpaired) electrons. The zero-order valence-electron chi connectivity index (χ0n) is 12.9. The third-order valence-corrected chi connectivity index (χ3v) is 4.76. The van der Waals surface area contributed by atoms with Crippen LogP contribution in [0.1, 0.15) is 12.8 Å². The first kappa shape index (κ1) is 15.9. The van der Waals surface area contributed by atoms with E-state index < -0.39 is 11.4 Å². The second kappa shape index (κ2) is 6.64. The van der Waals surface area contributed by atoms with E-state index in [0.717, 1.165) is 13.0 Å². The predicted octanol–water partition coefficient (Wildman–Crippen LogP) is 0.833. The maximum absolute atomic E-state index is 12.0. The number of fused-ring (bicyclic) bond motifs is 1. The highest BCUT2D eigenvalue weighted by molar-refractivity contribution is 5.90. The molecular weight excluding hydrogens is 298 g/mol. The van der Waals surface area contributed by atoms with Gasteiger partial charge in [0.25, 0.3) is 0 Å². The van der Waals surface area contributed by atoms with E-state index in [9.17, 15) is 14.7 Å². The molecule has 2 aliphatic rings. The van der Waals surface area contributed by atoms with E-state index in [0.29, 0.717) is 31.8 Å². The van der Waals surface area contributed by atoms with Crippen molar-refractivity contribution in [3.63, 3.8) is 0 Å². The molecule has 1 amide bonds. The van der Waals surface area contributed by atoms with Gasteiger partial charge in [-0.2, -0.15) is 0 Å². The molecule has 7 heteroatoms. The van der Waals surface area contributed by atoms with Gasteiger partial charge in [0.05, 0.1) is 18.5 Å². The number of rotatable bonds is 5. The molecule has 124 valence electrons. The van der Waals surface area contributed by atoms with Crippen LogP contribution >= 0.6 is 0 Å². The molecule has 2 saturated heterocycles. The van der Waals surface area contributed by atoms with E-state index in [1.165, 1.54) is 0 Å². The van der Waals surface area contributed by atoms with Gasteiger partial charge in [0, 0.05) is 38.9 Å². The normalized spacial score (nSPS) is 27.4. The maximum atomic E-state index is 12.0. The molecule has 7 nitrogen and oxygen atoms in total. The Morgan fingerprint density at radius 3 is 3.09 bits per heavy atom. The number of aromatic nitrogens is 1. The predicted molar refractivity (Wildman–Crippen MR) is 82.9 cm³/mol. The van der Waals surface area contributed by atoms with E-state index in [2.05, 4.69) is 15.2 Å². The molecule has 0 saturated carbocycles. The van der Waals surface area contributed by atoms with E-state index in [4.69, 9.17) is 4.74 Å². The maximum Gasteiger partial charge on any atom is 0.313 e. The molecule has 0 aromatic carbocycles. The number of carboxylic acid groups (broad SMARTS) is 1. The Morgan fingerprint density at radius 2 is 2.39 bits per heavy atom. The van der Waals surface area contributed by atoms with Crippen LogP contribution in [0.5, 0.6) is 0 Å². The molecule has 1 aromatic rings. The monoisotopic (exact) mass is 319 g/mol. The summed E-state index contributed by atoms with van der Waals surface area (Å²) in [5, 5.41) is 12.4. The minimum atomic E-state index is -0.807. The fourth-order valence-electron chi connectivity index (χ4n) is 3.48. The van der Waals surface area contributed by atoms with Crippen LogP contribution < -0.4 is 5.32 Å². The van der Waals surface area contributed by atoms with E-state index in [1.807, 2.05) is 0 Å². The molecule has 2 atom stereocenters. The van der Waals surface area contributed by atoms with Crippen molar-refractivity contribution in [2.45, 2.75) is 12.8 Å². The van der Waals surface area contributed by atoms with Crippen molar-refractivity contribution in [3.05, 3.63) is 24.5 Å². The first-order valence-electron chi connectivity index (χ1n) is 7.83. The first-order valence-corrected chi connectivity index (χ1v) is 7.83. The SMILES string of the molecule is O=C(CCN1C[C@@H]2CCOC[C@]2(C(=O)O)C1)Nc1cccnc1. The van der Waals surface area contributed by atoms with Crippen molar-refractivity contribution in [2.75, 3.05) is 38.2 Å². The molecule has 0 bridgehead atoms. The minimum absolute atomic E-state index is 0.0894. The lowest BCUT2D eigenvalue weighted by atomic mass is 9.76. The summed E-state index contributed by atoms with van der Waals surface area (Å²) in [4.78, 5) is 29.7. The number of nitrogens with one attached hydrogen (secondary N) is 1. The number of carbonyl (C=O) groups excluding carboxylic acids is 1. The quantitative estimate of drug-likeness (QED) is 0.835. The smallest absolute Gasteiger partial charge is 0.313 e. The second-order valence-electron chi connectivity index (χ2n) is 6.27. The number of hydrogen-bond donors (Lipinski definition) is 2. The van der Waals surface area contributed by atoms with Crippen molar-refractivity contribution in [1.29, 1.82) is 0 Å². The Balaban J connectivity index is 1.53. The summed E-state index contributed by atoms with van der Waals surface area (Å²) in [5.41, 5.74) is -0.138. The van der Waals surface area contributed by atoms with Crippen LogP contribution in [0, 0.1) is 11.3 Å². The highest BCUT2D eigenvalue weighted by atomic mass is 16.5. The van der Waals surface area contributed by atoms with E-state index in [1.54, 1.807) is 24.5 Å². The summed E-state index contributed by atoms with van der Waals surface area (Å²) >= 11 is 0. The molecule has 2 N–H and O–H groups in total. The highest BCUT2D eigenvalue weighted by Crippen LogP contribution is 2.41. The van der Waals surface area contributed by atoms with Crippen LogP contribution in [-0.4, -0.2) is 59.7 Å². The Hall–Kier alpha value is -1.99. The fourth-order valence-corrected chi connectivity index (χ4v) is 3.48. The van der Waals surface area contributed by atoms with Gasteiger partial charge in [0.1, 0.15) is 5.41 Å². The van der Waals surface area contributed by atoms with E-state index >= 15 is 0 Å². The number of hydrogen-bond acceptors (Lipinski definition) is 5. The Bertz CT molecular complexity index is 580. The van der Waals surface area contributed by atoms with Crippen molar-refractivity contribution in [1.82, 2.24) is 9.88 Å². The summed E-state index contributed by atoms with van der Waals surface area (Å²) in [6, 6.07) is 3.55. The van der Waals surface area contributed by atoms with Gasteiger partial charge >= 0.3 is 5.97 Å². The minimum Gasteiger partial charge on any atom is -0.481 e. The molecule has 2 aliphatic heterocycles. The number of carbonyl (C=O) groups is 2. The molecule has 3 rings (SSSR count). The van der Waals surface area contributed by atoms with Crippen LogP contribution in [0.25, 0.3) is 0 Å². The van der Waals surface area contributed by atoms with Crippen LogP contribution in [0.3, 0.4) is 0 Å². The van der Waals surface area contributed by atoms with Gasteiger partial charge in [-0.25, -0.2) is 0 Å². The Morgan fingerprint density at radius 1 is 1.52 bits per heavy atom. The van der Waals surface area contributed by atoms with Gasteiger partial charge in [-0.15, -0.1) is 0 Å². The zero-order valence-corrected chi connectivity index (χ0v) is 12.9. The molecule has 0 aliphatic carbocycles. The average Bonchev–Trinajstić information content (AvgIpc) is 2.94. The average molecular weight is 319 g/mol. The third kappa shape index (κ3) is 3.35. The fraction of sp³-hybridized carbons (Fsp3) is 0.562. The molecule has 1 aromatic heterocycles. The van der Waals surface area contributed by atoms with Crippen LogP contribution in [0.2, 0.25) is 0 Å². The van der Waals surface area contributed by atoms with Gasteiger partial charge in [0.2, 0.25) is 5.91 Å². The molecule has 23 heavy (non-hydrogen) atoms. The standard InChI is InChI=1S/C16H21N3O4/c20-14(18-13-2-1-5-17-8-13)3-6-19-9-12-4-7-23-11-16(12,10-19)15(21)22/h1-2,5,8,12H,3-4,6-7,9-11H2,(H,18,20)(H,21,22)/t12-,16+/m0/s1. The molecule has 3 heterocycles. The summed E-state index contributed by atoms with van der Waals surface area (Å²) < 4.78 is 5.41.